The quantitative estimate of drug-likeness (QED) is 0.777. The molecule has 0 bridgehead atoms. The Hall–Kier alpha value is -2.30. The van der Waals surface area contributed by atoms with Gasteiger partial charge in [0.2, 0.25) is 5.91 Å². The van der Waals surface area contributed by atoms with Crippen molar-refractivity contribution >= 4 is 5.91 Å². The average molecular weight is 341 g/mol. The minimum absolute atomic E-state index is 0.209. The Morgan fingerprint density at radius 3 is 2.88 bits per heavy atom. The molecule has 0 N–H and O–H groups in total. The predicted octanol–water partition coefficient (Wildman–Crippen LogP) is 3.20. The zero-order valence-corrected chi connectivity index (χ0v) is 14.9. The highest BCUT2D eigenvalue weighted by atomic mass is 16.5. The number of hydrogen-bond acceptors (Lipinski definition) is 3. The van der Waals surface area contributed by atoms with E-state index in [-0.39, 0.29) is 5.91 Å². The molecule has 134 valence electrons. The zero-order valence-electron chi connectivity index (χ0n) is 14.9. The molecule has 2 aromatic rings. The molecule has 25 heavy (non-hydrogen) atoms. The lowest BCUT2D eigenvalue weighted by molar-refractivity contribution is -0.135. The molecule has 5 nitrogen and oxygen atoms in total. The van der Waals surface area contributed by atoms with E-state index < -0.39 is 0 Å². The largest absolute Gasteiger partial charge is 0.493 e. The van der Waals surface area contributed by atoms with Gasteiger partial charge in [0.25, 0.3) is 0 Å². The summed E-state index contributed by atoms with van der Waals surface area (Å²) in [7, 11) is 2.02. The Kier molecular flexibility index (Phi) is 6.09. The molecule has 3 rings (SSSR count). The Bertz CT molecular complexity index is 669. The summed E-state index contributed by atoms with van der Waals surface area (Å²) in [5, 5.41) is 0. The van der Waals surface area contributed by atoms with E-state index in [0.29, 0.717) is 19.1 Å². The van der Waals surface area contributed by atoms with Crippen LogP contribution in [0.3, 0.4) is 0 Å². The Balaban J connectivity index is 1.49. The van der Waals surface area contributed by atoms with E-state index in [1.807, 2.05) is 49.8 Å². The van der Waals surface area contributed by atoms with Gasteiger partial charge < -0.3 is 14.2 Å². The number of likely N-dealkylation sites (tertiary alicyclic amines) is 1. The monoisotopic (exact) mass is 341 g/mol. The second kappa shape index (κ2) is 8.70. The number of piperidine rings is 1. The highest BCUT2D eigenvalue weighted by Gasteiger charge is 2.26. The molecule has 0 radical (unpaired) electrons. The number of amides is 1. The summed E-state index contributed by atoms with van der Waals surface area (Å²) >= 11 is 0. The van der Waals surface area contributed by atoms with Gasteiger partial charge in [0.05, 0.1) is 13.0 Å². The maximum atomic E-state index is 12.7. The van der Waals surface area contributed by atoms with Crippen LogP contribution in [0.5, 0.6) is 5.75 Å². The number of carbonyl (C=O) groups is 1. The molecule has 5 heteroatoms. The standard InChI is InChI=1S/C20H27N3O2/c1-22-15-13-21-19(22)11-10-17-7-5-6-14-23(17)20(24)12-16-25-18-8-3-2-4-9-18/h2-4,8-9,13,15,17H,5-7,10-12,14,16H2,1H3/t17-/m1/s1. The third-order valence-corrected chi connectivity index (χ3v) is 4.90. The van der Waals surface area contributed by atoms with E-state index in [1.165, 1.54) is 6.42 Å². The molecule has 1 fully saturated rings. The Morgan fingerprint density at radius 1 is 1.28 bits per heavy atom. The summed E-state index contributed by atoms with van der Waals surface area (Å²) in [6.07, 6.45) is 9.54. The van der Waals surface area contributed by atoms with Crippen molar-refractivity contribution in [2.45, 2.75) is 44.6 Å². The van der Waals surface area contributed by atoms with Gasteiger partial charge in [-0.3, -0.25) is 4.79 Å². The number of imidazole rings is 1. The van der Waals surface area contributed by atoms with Crippen molar-refractivity contribution in [1.82, 2.24) is 14.5 Å². The molecule has 0 spiro atoms. The molecule has 1 aromatic heterocycles. The van der Waals surface area contributed by atoms with E-state index in [0.717, 1.165) is 43.8 Å². The molecule has 1 aliphatic heterocycles. The first-order chi connectivity index (χ1) is 12.2. The van der Waals surface area contributed by atoms with Gasteiger partial charge in [-0.2, -0.15) is 0 Å². The van der Waals surface area contributed by atoms with Crippen LogP contribution in [0.15, 0.2) is 42.7 Å². The molecule has 1 aromatic carbocycles. The fraction of sp³-hybridized carbons (Fsp3) is 0.500. The van der Waals surface area contributed by atoms with Gasteiger partial charge in [0.15, 0.2) is 0 Å². The van der Waals surface area contributed by atoms with Gasteiger partial charge in [0.1, 0.15) is 11.6 Å². The van der Waals surface area contributed by atoms with Crippen molar-refractivity contribution in [3.63, 3.8) is 0 Å². The van der Waals surface area contributed by atoms with Crippen LogP contribution >= 0.6 is 0 Å². The number of carbonyl (C=O) groups excluding carboxylic acids is 1. The Morgan fingerprint density at radius 2 is 2.12 bits per heavy atom. The van der Waals surface area contributed by atoms with Crippen molar-refractivity contribution in [2.75, 3.05) is 13.2 Å². The second-order valence-corrected chi connectivity index (χ2v) is 6.64. The predicted molar refractivity (Wildman–Crippen MR) is 97.4 cm³/mol. The van der Waals surface area contributed by atoms with Crippen LogP contribution in [-0.4, -0.2) is 39.6 Å². The number of benzene rings is 1. The van der Waals surface area contributed by atoms with Crippen molar-refractivity contribution in [2.24, 2.45) is 7.05 Å². The molecular weight excluding hydrogens is 314 g/mol. The van der Waals surface area contributed by atoms with E-state index in [2.05, 4.69) is 14.5 Å². The number of aromatic nitrogens is 2. The molecule has 1 saturated heterocycles. The maximum Gasteiger partial charge on any atom is 0.226 e. The van der Waals surface area contributed by atoms with Crippen molar-refractivity contribution in [3.8, 4) is 5.75 Å². The maximum absolute atomic E-state index is 12.7. The molecule has 2 heterocycles. The fourth-order valence-electron chi connectivity index (χ4n) is 3.48. The van der Waals surface area contributed by atoms with Crippen LogP contribution in [0.4, 0.5) is 0 Å². The molecule has 1 aliphatic rings. The van der Waals surface area contributed by atoms with Crippen LogP contribution in [0.25, 0.3) is 0 Å². The van der Waals surface area contributed by atoms with Crippen molar-refractivity contribution < 1.29 is 9.53 Å². The van der Waals surface area contributed by atoms with Crippen molar-refractivity contribution in [3.05, 3.63) is 48.5 Å². The summed E-state index contributed by atoms with van der Waals surface area (Å²) in [4.78, 5) is 19.1. The van der Waals surface area contributed by atoms with Gasteiger partial charge in [-0.15, -0.1) is 0 Å². The lowest BCUT2D eigenvalue weighted by Crippen LogP contribution is -2.44. The average Bonchev–Trinajstić information content (AvgIpc) is 3.06. The summed E-state index contributed by atoms with van der Waals surface area (Å²) in [6.45, 7) is 1.31. The molecule has 0 unspecified atom stereocenters. The van der Waals surface area contributed by atoms with Gasteiger partial charge in [-0.1, -0.05) is 18.2 Å². The lowest BCUT2D eigenvalue weighted by atomic mass is 9.97. The highest BCUT2D eigenvalue weighted by Crippen LogP contribution is 2.22. The van der Waals surface area contributed by atoms with E-state index in [4.69, 9.17) is 4.74 Å². The third-order valence-electron chi connectivity index (χ3n) is 4.90. The molecule has 1 atom stereocenters. The lowest BCUT2D eigenvalue weighted by Gasteiger charge is -2.36. The van der Waals surface area contributed by atoms with Crippen LogP contribution in [0.1, 0.15) is 37.9 Å². The second-order valence-electron chi connectivity index (χ2n) is 6.64. The SMILES string of the molecule is Cn1ccnc1CC[C@H]1CCCCN1C(=O)CCOc1ccccc1. The number of hydrogen-bond donors (Lipinski definition) is 0. The van der Waals surface area contributed by atoms with Gasteiger partial charge in [0, 0.05) is 38.4 Å². The first-order valence-electron chi connectivity index (χ1n) is 9.17. The van der Waals surface area contributed by atoms with Crippen LogP contribution < -0.4 is 4.74 Å². The first kappa shape index (κ1) is 17.5. The molecule has 0 saturated carbocycles. The summed E-state index contributed by atoms with van der Waals surface area (Å²) in [5.41, 5.74) is 0. The minimum atomic E-state index is 0.209. The highest BCUT2D eigenvalue weighted by molar-refractivity contribution is 5.76. The minimum Gasteiger partial charge on any atom is -0.493 e. The number of rotatable bonds is 7. The zero-order chi connectivity index (χ0) is 17.5. The number of nitrogens with zero attached hydrogens (tertiary/aromatic N) is 3. The number of aryl methyl sites for hydroxylation is 2. The third kappa shape index (κ3) is 4.84. The molecule has 0 aliphatic carbocycles. The van der Waals surface area contributed by atoms with Gasteiger partial charge in [-0.05, 0) is 37.8 Å². The molecular formula is C20H27N3O2. The van der Waals surface area contributed by atoms with Crippen LogP contribution in [-0.2, 0) is 18.3 Å². The van der Waals surface area contributed by atoms with Crippen molar-refractivity contribution in [1.29, 1.82) is 0 Å². The normalized spacial score (nSPS) is 17.5. The van der Waals surface area contributed by atoms with E-state index in [1.54, 1.807) is 0 Å². The van der Waals surface area contributed by atoms with Crippen LogP contribution in [0, 0.1) is 0 Å². The summed E-state index contributed by atoms with van der Waals surface area (Å²) < 4.78 is 7.73. The molecule has 1 amide bonds. The number of para-hydroxylation sites is 1. The smallest absolute Gasteiger partial charge is 0.226 e. The van der Waals surface area contributed by atoms with Crippen LogP contribution in [0.2, 0.25) is 0 Å². The van der Waals surface area contributed by atoms with Gasteiger partial charge >= 0.3 is 0 Å². The first-order valence-corrected chi connectivity index (χ1v) is 9.17. The van der Waals surface area contributed by atoms with E-state index in [9.17, 15) is 4.79 Å². The summed E-state index contributed by atoms with van der Waals surface area (Å²) in [6, 6.07) is 10.00. The van der Waals surface area contributed by atoms with E-state index >= 15 is 0 Å². The summed E-state index contributed by atoms with van der Waals surface area (Å²) in [5.74, 6) is 2.12. The Labute approximate surface area is 149 Å². The number of ether oxygens (including phenoxy) is 1. The fourth-order valence-corrected chi connectivity index (χ4v) is 3.48. The topological polar surface area (TPSA) is 47.4 Å². The van der Waals surface area contributed by atoms with Gasteiger partial charge in [-0.25, -0.2) is 4.98 Å².